The number of hydrogen-bond acceptors (Lipinski definition) is 5. The van der Waals surface area contributed by atoms with Crippen LogP contribution in [0.5, 0.6) is 0 Å². The molecular weight excluding hydrogens is 402 g/mol. The predicted molar refractivity (Wildman–Crippen MR) is 116 cm³/mol. The van der Waals surface area contributed by atoms with E-state index in [0.29, 0.717) is 39.3 Å². The quantitative estimate of drug-likeness (QED) is 0.717. The molecule has 3 aliphatic heterocycles. The van der Waals surface area contributed by atoms with Crippen molar-refractivity contribution in [3.05, 3.63) is 24.4 Å². The van der Waals surface area contributed by atoms with E-state index in [1.807, 2.05) is 23.1 Å². The van der Waals surface area contributed by atoms with Crippen LogP contribution in [0.15, 0.2) is 24.4 Å². The van der Waals surface area contributed by atoms with Gasteiger partial charge in [0, 0.05) is 58.6 Å². The van der Waals surface area contributed by atoms with Crippen molar-refractivity contribution in [2.45, 2.75) is 38.5 Å². The minimum atomic E-state index is -3.47. The zero-order valence-corrected chi connectivity index (χ0v) is 18.5. The topological polar surface area (TPSA) is 77.1 Å². The Kier molecular flexibility index (Phi) is 6.90. The predicted octanol–water partition coefficient (Wildman–Crippen LogP) is 1.56. The number of nitrogens with zero attached hydrogens (tertiary/aromatic N) is 5. The summed E-state index contributed by atoms with van der Waals surface area (Å²) >= 11 is 0. The van der Waals surface area contributed by atoms with E-state index in [4.69, 9.17) is 0 Å². The van der Waals surface area contributed by atoms with Crippen LogP contribution in [0.1, 0.15) is 38.5 Å². The highest BCUT2D eigenvalue weighted by Gasteiger charge is 2.37. The van der Waals surface area contributed by atoms with Crippen molar-refractivity contribution in [3.63, 3.8) is 0 Å². The maximum absolute atomic E-state index is 13.2. The SMILES string of the molecule is O=C(C1CCCN(S(=O)(=O)N2CCCCCC2)C1)N1CCN(c2ccccn2)CC1. The number of piperidine rings is 1. The molecule has 4 heterocycles. The van der Waals surface area contributed by atoms with E-state index in [1.54, 1.807) is 14.8 Å². The van der Waals surface area contributed by atoms with Crippen LogP contribution < -0.4 is 4.90 Å². The van der Waals surface area contributed by atoms with Crippen LogP contribution in [-0.2, 0) is 15.0 Å². The summed E-state index contributed by atoms with van der Waals surface area (Å²) in [6.45, 7) is 4.88. The van der Waals surface area contributed by atoms with Crippen LogP contribution in [-0.4, -0.2) is 85.2 Å². The Hall–Kier alpha value is -1.71. The molecular formula is C21H33N5O3S. The van der Waals surface area contributed by atoms with Gasteiger partial charge in [-0.15, -0.1) is 0 Å². The standard InChI is InChI=1S/C21H33N5O3S/c27-21(24-16-14-23(15-17-24)20-9-3-4-10-22-20)19-8-7-13-26(18-19)30(28,29)25-11-5-1-2-6-12-25/h3-4,9-10,19H,1-2,5-8,11-18H2. The van der Waals surface area contributed by atoms with Crippen molar-refractivity contribution in [2.24, 2.45) is 5.92 Å². The largest absolute Gasteiger partial charge is 0.353 e. The lowest BCUT2D eigenvalue weighted by Crippen LogP contribution is -2.54. The molecule has 0 bridgehead atoms. The van der Waals surface area contributed by atoms with E-state index in [2.05, 4.69) is 9.88 Å². The van der Waals surface area contributed by atoms with Gasteiger partial charge in [0.1, 0.15) is 5.82 Å². The molecule has 0 spiro atoms. The summed E-state index contributed by atoms with van der Waals surface area (Å²) < 4.78 is 29.5. The maximum atomic E-state index is 13.2. The normalized spacial score (nSPS) is 25.1. The molecule has 3 fully saturated rings. The molecule has 0 aliphatic carbocycles. The third-order valence-electron chi connectivity index (χ3n) is 6.52. The van der Waals surface area contributed by atoms with Crippen LogP contribution in [0.4, 0.5) is 5.82 Å². The van der Waals surface area contributed by atoms with E-state index < -0.39 is 10.2 Å². The monoisotopic (exact) mass is 435 g/mol. The number of carbonyl (C=O) groups is 1. The highest BCUT2D eigenvalue weighted by atomic mass is 32.2. The average Bonchev–Trinajstić information content (AvgIpc) is 3.10. The fourth-order valence-electron chi connectivity index (χ4n) is 4.74. The molecule has 1 unspecified atom stereocenters. The summed E-state index contributed by atoms with van der Waals surface area (Å²) in [6, 6.07) is 5.86. The summed E-state index contributed by atoms with van der Waals surface area (Å²) in [5.41, 5.74) is 0. The highest BCUT2D eigenvalue weighted by molar-refractivity contribution is 7.86. The molecule has 0 aromatic carbocycles. The molecule has 1 amide bonds. The molecule has 8 nitrogen and oxygen atoms in total. The van der Waals surface area contributed by atoms with Gasteiger partial charge in [-0.2, -0.15) is 17.0 Å². The van der Waals surface area contributed by atoms with E-state index >= 15 is 0 Å². The summed E-state index contributed by atoms with van der Waals surface area (Å²) in [7, 11) is -3.47. The minimum Gasteiger partial charge on any atom is -0.353 e. The van der Waals surface area contributed by atoms with Gasteiger partial charge < -0.3 is 9.80 Å². The van der Waals surface area contributed by atoms with Crippen molar-refractivity contribution in [1.82, 2.24) is 18.5 Å². The van der Waals surface area contributed by atoms with E-state index in [1.165, 1.54) is 0 Å². The molecule has 30 heavy (non-hydrogen) atoms. The lowest BCUT2D eigenvalue weighted by Gasteiger charge is -2.39. The first kappa shape index (κ1) is 21.5. The lowest BCUT2D eigenvalue weighted by molar-refractivity contribution is -0.137. The molecule has 0 saturated carbocycles. The molecule has 3 saturated heterocycles. The van der Waals surface area contributed by atoms with Gasteiger partial charge in [0.15, 0.2) is 0 Å². The Balaban J connectivity index is 1.34. The number of aromatic nitrogens is 1. The minimum absolute atomic E-state index is 0.103. The molecule has 4 rings (SSSR count). The first-order valence-corrected chi connectivity index (χ1v) is 12.7. The summed E-state index contributed by atoms with van der Waals surface area (Å²) in [5.74, 6) is 0.810. The summed E-state index contributed by atoms with van der Waals surface area (Å²) in [4.78, 5) is 21.7. The Morgan fingerprint density at radius 2 is 1.57 bits per heavy atom. The molecule has 1 aromatic rings. The van der Waals surface area contributed by atoms with Crippen LogP contribution >= 0.6 is 0 Å². The van der Waals surface area contributed by atoms with E-state index in [-0.39, 0.29) is 11.8 Å². The summed E-state index contributed by atoms with van der Waals surface area (Å²) in [6.07, 6.45) is 7.35. The van der Waals surface area contributed by atoms with Gasteiger partial charge in [-0.05, 0) is 37.8 Å². The van der Waals surface area contributed by atoms with Crippen molar-refractivity contribution < 1.29 is 13.2 Å². The van der Waals surface area contributed by atoms with Crippen LogP contribution in [0.2, 0.25) is 0 Å². The number of carbonyl (C=O) groups excluding carboxylic acids is 1. The van der Waals surface area contributed by atoms with Gasteiger partial charge >= 0.3 is 0 Å². The van der Waals surface area contributed by atoms with Gasteiger partial charge in [0.2, 0.25) is 5.91 Å². The fourth-order valence-corrected chi connectivity index (χ4v) is 6.52. The van der Waals surface area contributed by atoms with Crippen molar-refractivity contribution in [2.75, 3.05) is 57.3 Å². The number of anilines is 1. The summed E-state index contributed by atoms with van der Waals surface area (Å²) in [5, 5.41) is 0. The van der Waals surface area contributed by atoms with E-state index in [0.717, 1.165) is 57.4 Å². The molecule has 9 heteroatoms. The van der Waals surface area contributed by atoms with E-state index in [9.17, 15) is 13.2 Å². The Morgan fingerprint density at radius 3 is 2.23 bits per heavy atom. The Bertz CT molecular complexity index is 803. The first-order chi connectivity index (χ1) is 14.6. The smallest absolute Gasteiger partial charge is 0.281 e. The average molecular weight is 436 g/mol. The second-order valence-electron chi connectivity index (χ2n) is 8.52. The molecule has 1 atom stereocenters. The molecule has 166 valence electrons. The number of rotatable bonds is 4. The molecule has 3 aliphatic rings. The van der Waals surface area contributed by atoms with Crippen molar-refractivity contribution >= 4 is 21.9 Å². The lowest BCUT2D eigenvalue weighted by atomic mass is 9.98. The molecule has 0 N–H and O–H groups in total. The third kappa shape index (κ3) is 4.78. The van der Waals surface area contributed by atoms with Gasteiger partial charge in [-0.1, -0.05) is 18.9 Å². The number of piperazine rings is 1. The number of pyridine rings is 1. The van der Waals surface area contributed by atoms with Crippen LogP contribution in [0.25, 0.3) is 0 Å². The molecule has 1 aromatic heterocycles. The van der Waals surface area contributed by atoms with Crippen molar-refractivity contribution in [1.29, 1.82) is 0 Å². The van der Waals surface area contributed by atoms with Crippen LogP contribution in [0.3, 0.4) is 0 Å². The Morgan fingerprint density at radius 1 is 0.867 bits per heavy atom. The van der Waals surface area contributed by atoms with Gasteiger partial charge in [-0.25, -0.2) is 4.98 Å². The zero-order chi connectivity index (χ0) is 21.0. The van der Waals surface area contributed by atoms with Crippen LogP contribution in [0, 0.1) is 5.92 Å². The highest BCUT2D eigenvalue weighted by Crippen LogP contribution is 2.25. The number of hydrogen-bond donors (Lipinski definition) is 0. The molecule has 0 radical (unpaired) electrons. The number of amides is 1. The Labute approximate surface area is 180 Å². The zero-order valence-electron chi connectivity index (χ0n) is 17.7. The fraction of sp³-hybridized carbons (Fsp3) is 0.714. The van der Waals surface area contributed by atoms with Gasteiger partial charge in [0.25, 0.3) is 10.2 Å². The third-order valence-corrected chi connectivity index (χ3v) is 8.52. The second-order valence-corrected chi connectivity index (χ2v) is 10.4. The maximum Gasteiger partial charge on any atom is 0.281 e. The van der Waals surface area contributed by atoms with Gasteiger partial charge in [0.05, 0.1) is 5.92 Å². The van der Waals surface area contributed by atoms with Gasteiger partial charge in [-0.3, -0.25) is 4.79 Å². The second kappa shape index (κ2) is 9.62. The first-order valence-electron chi connectivity index (χ1n) is 11.3. The van der Waals surface area contributed by atoms with Crippen molar-refractivity contribution in [3.8, 4) is 0 Å².